The van der Waals surface area contributed by atoms with Crippen LogP contribution < -0.4 is 5.32 Å². The maximum absolute atomic E-state index is 11.9. The van der Waals surface area contributed by atoms with Crippen molar-refractivity contribution in [2.45, 2.75) is 19.9 Å². The number of nitrogens with zero attached hydrogens (tertiary/aromatic N) is 5. The molecule has 9 nitrogen and oxygen atoms in total. The predicted molar refractivity (Wildman–Crippen MR) is 83.9 cm³/mol. The molecule has 0 unspecified atom stereocenters. The van der Waals surface area contributed by atoms with Crippen LogP contribution >= 0.6 is 11.6 Å². The van der Waals surface area contributed by atoms with Crippen molar-refractivity contribution in [1.82, 2.24) is 20.2 Å². The molecule has 0 aliphatic heterocycles. The van der Waals surface area contributed by atoms with Gasteiger partial charge in [0.2, 0.25) is 5.95 Å². The lowest BCUT2D eigenvalue weighted by Gasteiger charge is -2.02. The summed E-state index contributed by atoms with van der Waals surface area (Å²) in [6.07, 6.45) is 3.49. The van der Waals surface area contributed by atoms with Gasteiger partial charge in [-0.25, -0.2) is 4.68 Å². The number of rotatable bonds is 6. The van der Waals surface area contributed by atoms with E-state index in [2.05, 4.69) is 20.8 Å². The molecule has 2 rings (SSSR count). The number of aryl methyl sites for hydroxylation is 1. The van der Waals surface area contributed by atoms with E-state index in [0.717, 1.165) is 6.42 Å². The van der Waals surface area contributed by atoms with E-state index in [1.165, 1.54) is 29.0 Å². The van der Waals surface area contributed by atoms with Crippen molar-refractivity contribution >= 4 is 35.2 Å². The van der Waals surface area contributed by atoms with E-state index < -0.39 is 10.8 Å². The zero-order valence-corrected chi connectivity index (χ0v) is 12.9. The smallest absolute Gasteiger partial charge is 0.288 e. The normalized spacial score (nSPS) is 10.9. The van der Waals surface area contributed by atoms with Crippen LogP contribution in [-0.4, -0.2) is 31.0 Å². The molecule has 0 aliphatic carbocycles. The lowest BCUT2D eigenvalue weighted by atomic mass is 10.2. The molecule has 1 amide bonds. The third kappa shape index (κ3) is 4.33. The summed E-state index contributed by atoms with van der Waals surface area (Å²) in [7, 11) is 0. The number of carbonyl (C=O) groups is 1. The van der Waals surface area contributed by atoms with Gasteiger partial charge in [0.05, 0.1) is 4.92 Å². The summed E-state index contributed by atoms with van der Waals surface area (Å²) in [6, 6.07) is 4.26. The fourth-order valence-corrected chi connectivity index (χ4v) is 1.94. The summed E-state index contributed by atoms with van der Waals surface area (Å²) in [5, 5.41) is 24.3. The Morgan fingerprint density at radius 1 is 1.52 bits per heavy atom. The standard InChI is InChI=1S/C13H13ClN6O3/c1-2-7-19-13(16-17-18-19)15-12(21)6-4-9-3-5-10(14)11(8-9)20(22)23/h3-6,8H,2,7H2,1H3,(H,15,16,18,21)/b6-4+. The SMILES string of the molecule is CCCn1nnnc1NC(=O)/C=C/c1ccc(Cl)c([N+](=O)[O-])c1. The first-order valence-corrected chi connectivity index (χ1v) is 7.08. The first-order valence-electron chi connectivity index (χ1n) is 6.70. The van der Waals surface area contributed by atoms with Gasteiger partial charge in [-0.3, -0.25) is 20.2 Å². The molecular weight excluding hydrogens is 324 g/mol. The first-order chi connectivity index (χ1) is 11.0. The average Bonchev–Trinajstić information content (AvgIpc) is 2.93. The topological polar surface area (TPSA) is 116 Å². The Bertz CT molecular complexity index is 758. The van der Waals surface area contributed by atoms with Crippen LogP contribution in [0.3, 0.4) is 0 Å². The van der Waals surface area contributed by atoms with Crippen molar-refractivity contribution in [3.05, 3.63) is 45.0 Å². The molecule has 0 saturated carbocycles. The van der Waals surface area contributed by atoms with Crippen LogP contribution in [0.15, 0.2) is 24.3 Å². The number of halogens is 1. The van der Waals surface area contributed by atoms with E-state index >= 15 is 0 Å². The van der Waals surface area contributed by atoms with Gasteiger partial charge >= 0.3 is 0 Å². The van der Waals surface area contributed by atoms with Gasteiger partial charge in [0.1, 0.15) is 5.02 Å². The summed E-state index contributed by atoms with van der Waals surface area (Å²) in [4.78, 5) is 22.1. The van der Waals surface area contributed by atoms with Crippen LogP contribution in [0.2, 0.25) is 5.02 Å². The molecule has 23 heavy (non-hydrogen) atoms. The van der Waals surface area contributed by atoms with Crippen LogP contribution in [0.4, 0.5) is 11.6 Å². The quantitative estimate of drug-likeness (QED) is 0.491. The summed E-state index contributed by atoms with van der Waals surface area (Å²) >= 11 is 5.73. The van der Waals surface area contributed by atoms with Crippen molar-refractivity contribution in [1.29, 1.82) is 0 Å². The molecule has 2 aromatic rings. The van der Waals surface area contributed by atoms with Crippen molar-refractivity contribution in [2.75, 3.05) is 5.32 Å². The highest BCUT2D eigenvalue weighted by molar-refractivity contribution is 6.32. The second-order valence-electron chi connectivity index (χ2n) is 4.52. The van der Waals surface area contributed by atoms with Gasteiger partial charge in [-0.05, 0) is 34.6 Å². The number of nitro groups is 1. The van der Waals surface area contributed by atoms with Crippen molar-refractivity contribution in [3.63, 3.8) is 0 Å². The Hall–Kier alpha value is -2.81. The molecule has 1 N–H and O–H groups in total. The van der Waals surface area contributed by atoms with E-state index in [1.807, 2.05) is 6.92 Å². The van der Waals surface area contributed by atoms with Gasteiger partial charge in [-0.1, -0.05) is 29.7 Å². The van der Waals surface area contributed by atoms with Crippen molar-refractivity contribution < 1.29 is 9.72 Å². The zero-order chi connectivity index (χ0) is 16.8. The number of nitrogens with one attached hydrogen (secondary N) is 1. The van der Waals surface area contributed by atoms with Gasteiger partial charge in [-0.2, -0.15) is 0 Å². The van der Waals surface area contributed by atoms with Gasteiger partial charge in [0.25, 0.3) is 11.6 Å². The monoisotopic (exact) mass is 336 g/mol. The van der Waals surface area contributed by atoms with Gasteiger partial charge < -0.3 is 0 Å². The molecule has 1 heterocycles. The van der Waals surface area contributed by atoms with E-state index in [9.17, 15) is 14.9 Å². The highest BCUT2D eigenvalue weighted by Gasteiger charge is 2.12. The van der Waals surface area contributed by atoms with Crippen molar-refractivity contribution in [3.8, 4) is 0 Å². The maximum Gasteiger partial charge on any atom is 0.288 e. The highest BCUT2D eigenvalue weighted by atomic mass is 35.5. The number of amides is 1. The lowest BCUT2D eigenvalue weighted by Crippen LogP contribution is -2.14. The second kappa shape index (κ2) is 7.45. The Balaban J connectivity index is 2.08. The molecule has 1 aromatic heterocycles. The third-order valence-corrected chi connectivity index (χ3v) is 3.12. The summed E-state index contributed by atoms with van der Waals surface area (Å²) in [5.41, 5.74) is 0.255. The van der Waals surface area contributed by atoms with Crippen LogP contribution in [0.5, 0.6) is 0 Å². The van der Waals surface area contributed by atoms with Crippen LogP contribution in [0.25, 0.3) is 6.08 Å². The number of aromatic nitrogens is 4. The molecule has 0 aliphatic rings. The van der Waals surface area contributed by atoms with Crippen LogP contribution in [-0.2, 0) is 11.3 Å². The van der Waals surface area contributed by atoms with E-state index in [0.29, 0.717) is 12.1 Å². The fraction of sp³-hybridized carbons (Fsp3) is 0.231. The molecule has 10 heteroatoms. The molecule has 0 bridgehead atoms. The average molecular weight is 337 g/mol. The van der Waals surface area contributed by atoms with E-state index in [1.54, 1.807) is 6.07 Å². The molecule has 0 atom stereocenters. The number of nitro benzene ring substituents is 1. The summed E-state index contributed by atoms with van der Waals surface area (Å²) < 4.78 is 1.47. The van der Waals surface area contributed by atoms with Gasteiger partial charge in [0.15, 0.2) is 0 Å². The second-order valence-corrected chi connectivity index (χ2v) is 4.92. The minimum absolute atomic E-state index is 0.0374. The summed E-state index contributed by atoms with van der Waals surface area (Å²) in [6.45, 7) is 2.54. The third-order valence-electron chi connectivity index (χ3n) is 2.80. The molecule has 0 spiro atoms. The number of benzene rings is 1. The molecule has 120 valence electrons. The largest absolute Gasteiger partial charge is 0.290 e. The molecule has 0 radical (unpaired) electrons. The minimum atomic E-state index is -0.585. The van der Waals surface area contributed by atoms with Gasteiger partial charge in [0, 0.05) is 18.7 Å². The van der Waals surface area contributed by atoms with E-state index in [-0.39, 0.29) is 16.7 Å². The van der Waals surface area contributed by atoms with Crippen LogP contribution in [0, 0.1) is 10.1 Å². The first kappa shape index (κ1) is 16.6. The number of tetrazole rings is 1. The maximum atomic E-state index is 11.9. The molecule has 1 aromatic carbocycles. The zero-order valence-electron chi connectivity index (χ0n) is 12.1. The lowest BCUT2D eigenvalue weighted by molar-refractivity contribution is -0.384. The molecular formula is C13H13ClN6O3. The Kier molecular flexibility index (Phi) is 5.36. The number of hydrogen-bond acceptors (Lipinski definition) is 6. The minimum Gasteiger partial charge on any atom is -0.290 e. The van der Waals surface area contributed by atoms with Crippen LogP contribution in [0.1, 0.15) is 18.9 Å². The Morgan fingerprint density at radius 3 is 3.00 bits per heavy atom. The predicted octanol–water partition coefficient (Wildman–Crippen LogP) is 2.30. The van der Waals surface area contributed by atoms with Gasteiger partial charge in [-0.15, -0.1) is 0 Å². The molecule has 0 saturated heterocycles. The number of hydrogen-bond donors (Lipinski definition) is 1. The Labute approximate surface area is 136 Å². The highest BCUT2D eigenvalue weighted by Crippen LogP contribution is 2.25. The number of anilines is 1. The number of carbonyl (C=O) groups excluding carboxylic acids is 1. The van der Waals surface area contributed by atoms with E-state index in [4.69, 9.17) is 11.6 Å². The molecule has 0 fully saturated rings. The summed E-state index contributed by atoms with van der Waals surface area (Å²) in [5.74, 6) is -0.210. The Morgan fingerprint density at radius 2 is 2.30 bits per heavy atom. The van der Waals surface area contributed by atoms with Crippen molar-refractivity contribution in [2.24, 2.45) is 0 Å². The fourth-order valence-electron chi connectivity index (χ4n) is 1.75.